The van der Waals surface area contributed by atoms with Crippen molar-refractivity contribution in [2.75, 3.05) is 25.0 Å². The minimum Gasteiger partial charge on any atom is -0.234 e. The molecule has 12 nitrogen and oxygen atoms in total. The van der Waals surface area contributed by atoms with Crippen LogP contribution in [-0.4, -0.2) is 70.3 Å². The quantitative estimate of drug-likeness (QED) is 0.254. The lowest BCUT2D eigenvalue weighted by atomic mass is 9.87. The maximum atomic E-state index is 11.8. The van der Waals surface area contributed by atoms with Crippen molar-refractivity contribution in [1.82, 2.24) is 0 Å². The molecule has 0 atom stereocenters. The molecule has 0 bridgehead atoms. The van der Waals surface area contributed by atoms with Crippen LogP contribution in [0.25, 0.3) is 0 Å². The SMILES string of the molecule is Cc1cc(C)c(CC(C)(OS(C)(=O)=O)OS(C)(=O)=O)c(C)c1CC(C)(OS(C)(=O)=O)OS(C)(=O)=O. The molecule has 0 heterocycles. The topological polar surface area (TPSA) is 173 Å². The van der Waals surface area contributed by atoms with Crippen molar-refractivity contribution in [3.8, 4) is 0 Å². The summed E-state index contributed by atoms with van der Waals surface area (Å²) in [6.45, 7) is 7.31. The van der Waals surface area contributed by atoms with Crippen molar-refractivity contribution in [3.63, 3.8) is 0 Å². The summed E-state index contributed by atoms with van der Waals surface area (Å²) in [5, 5.41) is 0. The summed E-state index contributed by atoms with van der Waals surface area (Å²) in [5.41, 5.74) is 2.59. The van der Waals surface area contributed by atoms with Gasteiger partial charge in [-0.25, -0.2) is 16.7 Å². The van der Waals surface area contributed by atoms with E-state index < -0.39 is 52.0 Å². The molecule has 0 aliphatic heterocycles. The van der Waals surface area contributed by atoms with Gasteiger partial charge in [-0.3, -0.25) is 0 Å². The summed E-state index contributed by atoms with van der Waals surface area (Å²) in [7, 11) is -16.6. The fourth-order valence-corrected chi connectivity index (χ4v) is 6.90. The van der Waals surface area contributed by atoms with Crippen LogP contribution in [0.3, 0.4) is 0 Å². The van der Waals surface area contributed by atoms with E-state index in [1.807, 2.05) is 0 Å². The van der Waals surface area contributed by atoms with E-state index in [4.69, 9.17) is 16.7 Å². The second-order valence-electron chi connectivity index (χ2n) is 8.86. The largest absolute Gasteiger partial charge is 0.267 e. The average molecular weight is 581 g/mol. The summed E-state index contributed by atoms with van der Waals surface area (Å²) in [6.07, 6.45) is 2.30. The van der Waals surface area contributed by atoms with Crippen LogP contribution in [0.15, 0.2) is 6.07 Å². The Kier molecular flexibility index (Phi) is 9.40. The van der Waals surface area contributed by atoms with E-state index in [1.165, 1.54) is 0 Å². The molecule has 0 aromatic heterocycles. The molecule has 35 heavy (non-hydrogen) atoms. The lowest BCUT2D eigenvalue weighted by Crippen LogP contribution is -2.40. The highest BCUT2D eigenvalue weighted by atomic mass is 32.2. The van der Waals surface area contributed by atoms with E-state index in [-0.39, 0.29) is 12.8 Å². The Hall–Kier alpha value is -1.14. The number of hydrogen-bond acceptors (Lipinski definition) is 12. The molecule has 0 radical (unpaired) electrons. The Labute approximate surface area is 208 Å². The third-order valence-corrected chi connectivity index (χ3v) is 7.22. The van der Waals surface area contributed by atoms with Crippen LogP contribution in [0.1, 0.15) is 41.7 Å². The maximum Gasteiger partial charge on any atom is 0.267 e. The van der Waals surface area contributed by atoms with Gasteiger partial charge >= 0.3 is 0 Å². The minimum atomic E-state index is -4.15. The molecule has 0 amide bonds. The highest BCUT2D eigenvalue weighted by molar-refractivity contribution is 7.87. The molecule has 0 N–H and O–H groups in total. The van der Waals surface area contributed by atoms with E-state index in [0.717, 1.165) is 38.9 Å². The predicted octanol–water partition coefficient (Wildman–Crippen LogP) is 1.03. The second kappa shape index (κ2) is 10.3. The molecule has 1 aromatic carbocycles. The van der Waals surface area contributed by atoms with E-state index in [9.17, 15) is 33.7 Å². The predicted molar refractivity (Wildman–Crippen MR) is 129 cm³/mol. The summed E-state index contributed by atoms with van der Waals surface area (Å²) in [6, 6.07) is 1.68. The lowest BCUT2D eigenvalue weighted by Gasteiger charge is -2.31. The number of hydrogen-bond donors (Lipinski definition) is 0. The lowest BCUT2D eigenvalue weighted by molar-refractivity contribution is -0.0860. The van der Waals surface area contributed by atoms with E-state index in [2.05, 4.69) is 0 Å². The molecule has 0 aliphatic carbocycles. The van der Waals surface area contributed by atoms with Crippen LogP contribution < -0.4 is 0 Å². The van der Waals surface area contributed by atoms with E-state index in [1.54, 1.807) is 26.8 Å². The monoisotopic (exact) mass is 580 g/mol. The second-order valence-corrected chi connectivity index (χ2v) is 15.2. The Balaban J connectivity index is 3.70. The third kappa shape index (κ3) is 11.2. The Bertz CT molecular complexity index is 1220. The van der Waals surface area contributed by atoms with Gasteiger partial charge in [0.1, 0.15) is 0 Å². The van der Waals surface area contributed by atoms with Crippen LogP contribution in [0.4, 0.5) is 0 Å². The van der Waals surface area contributed by atoms with Gasteiger partial charge in [-0.15, -0.1) is 0 Å². The molecule has 0 unspecified atom stereocenters. The van der Waals surface area contributed by atoms with Crippen LogP contribution in [0.2, 0.25) is 0 Å². The zero-order chi connectivity index (χ0) is 27.8. The molecular weight excluding hydrogens is 548 g/mol. The van der Waals surface area contributed by atoms with Gasteiger partial charge < -0.3 is 0 Å². The highest BCUT2D eigenvalue weighted by Gasteiger charge is 2.39. The molecule has 0 saturated carbocycles. The van der Waals surface area contributed by atoms with Gasteiger partial charge in [0.25, 0.3) is 40.5 Å². The van der Waals surface area contributed by atoms with E-state index >= 15 is 0 Å². The van der Waals surface area contributed by atoms with Crippen molar-refractivity contribution in [2.45, 2.75) is 59.0 Å². The van der Waals surface area contributed by atoms with Gasteiger partial charge in [0.15, 0.2) is 0 Å². The van der Waals surface area contributed by atoms with Crippen LogP contribution >= 0.6 is 0 Å². The number of benzene rings is 1. The minimum absolute atomic E-state index is 0.339. The molecule has 0 aliphatic rings. The van der Waals surface area contributed by atoms with Crippen molar-refractivity contribution in [2.24, 2.45) is 0 Å². The van der Waals surface area contributed by atoms with Crippen molar-refractivity contribution >= 4 is 40.5 Å². The van der Waals surface area contributed by atoms with Gasteiger partial charge in [-0.1, -0.05) is 6.07 Å². The number of aryl methyl sites for hydroxylation is 2. The fraction of sp³-hybridized carbons (Fsp3) is 0.684. The van der Waals surface area contributed by atoms with Crippen LogP contribution in [0.5, 0.6) is 0 Å². The molecule has 0 spiro atoms. The first-order valence-electron chi connectivity index (χ1n) is 9.94. The van der Waals surface area contributed by atoms with E-state index in [0.29, 0.717) is 27.8 Å². The normalized spacial score (nSPS) is 14.3. The molecule has 0 saturated heterocycles. The standard InChI is InChI=1S/C19H32O12S4/c1-13-10-14(2)17(12-19(5,30-34(8,24)25)31-35(9,26)27)15(3)16(13)11-18(4,28-32(6,20)21)29-33(7,22)23/h10H,11-12H2,1-9H3. The van der Waals surface area contributed by atoms with Crippen molar-refractivity contribution in [3.05, 3.63) is 33.9 Å². The molecule has 16 heteroatoms. The van der Waals surface area contributed by atoms with Gasteiger partial charge in [0.2, 0.25) is 11.6 Å². The molecule has 0 fully saturated rings. The maximum absolute atomic E-state index is 11.8. The van der Waals surface area contributed by atoms with Gasteiger partial charge in [0, 0.05) is 12.8 Å². The summed E-state index contributed by atoms with van der Waals surface area (Å²) in [4.78, 5) is 0. The molecule has 1 rings (SSSR count). The Morgan fingerprint density at radius 1 is 0.571 bits per heavy atom. The first-order valence-corrected chi connectivity index (χ1v) is 17.2. The first kappa shape index (κ1) is 31.9. The smallest absolute Gasteiger partial charge is 0.234 e. The van der Waals surface area contributed by atoms with Gasteiger partial charge in [0.05, 0.1) is 25.0 Å². The molecular formula is C19H32O12S4. The average Bonchev–Trinajstić information content (AvgIpc) is 2.48. The van der Waals surface area contributed by atoms with Crippen LogP contribution in [0, 0.1) is 20.8 Å². The molecule has 204 valence electrons. The Morgan fingerprint density at radius 3 is 1.00 bits per heavy atom. The summed E-state index contributed by atoms with van der Waals surface area (Å²) >= 11 is 0. The summed E-state index contributed by atoms with van der Waals surface area (Å²) < 4.78 is 115. The first-order chi connectivity index (χ1) is 15.2. The van der Waals surface area contributed by atoms with Gasteiger partial charge in [-0.2, -0.15) is 33.7 Å². The molecule has 1 aromatic rings. The third-order valence-electron chi connectivity index (χ3n) is 4.60. The Morgan fingerprint density at radius 2 is 0.800 bits per heavy atom. The highest BCUT2D eigenvalue weighted by Crippen LogP contribution is 2.33. The summed E-state index contributed by atoms with van der Waals surface area (Å²) in [5.74, 6) is -4.28. The van der Waals surface area contributed by atoms with Gasteiger partial charge in [-0.05, 0) is 62.4 Å². The van der Waals surface area contributed by atoms with Crippen LogP contribution in [-0.2, 0) is 70.0 Å². The zero-order valence-corrected chi connectivity index (χ0v) is 24.3. The number of rotatable bonds is 12. The van der Waals surface area contributed by atoms with Crippen molar-refractivity contribution in [1.29, 1.82) is 0 Å². The zero-order valence-electron chi connectivity index (χ0n) is 21.0. The fourth-order valence-electron chi connectivity index (χ4n) is 3.89. The van der Waals surface area contributed by atoms with Crippen molar-refractivity contribution < 1.29 is 50.4 Å².